The van der Waals surface area contributed by atoms with Crippen molar-refractivity contribution in [3.63, 3.8) is 0 Å². The van der Waals surface area contributed by atoms with Gasteiger partial charge in [0.15, 0.2) is 17.5 Å². The second-order valence-electron chi connectivity index (χ2n) is 11.0. The zero-order valence-electron chi connectivity index (χ0n) is 22.2. The van der Waals surface area contributed by atoms with Gasteiger partial charge < -0.3 is 15.0 Å². The molecule has 2 saturated heterocycles. The third kappa shape index (κ3) is 5.82. The van der Waals surface area contributed by atoms with Gasteiger partial charge in [-0.05, 0) is 67.6 Å². The first-order valence-electron chi connectivity index (χ1n) is 14.1. The highest BCUT2D eigenvalue weighted by atomic mass is 32.2. The van der Waals surface area contributed by atoms with Crippen molar-refractivity contribution >= 4 is 16.0 Å². The van der Waals surface area contributed by atoms with Crippen molar-refractivity contribution in [1.29, 1.82) is 0 Å². The van der Waals surface area contributed by atoms with E-state index in [0.717, 1.165) is 81.7 Å². The van der Waals surface area contributed by atoms with Crippen molar-refractivity contribution in [2.24, 2.45) is 10.9 Å². The lowest BCUT2D eigenvalue weighted by molar-refractivity contribution is 0.109. The minimum atomic E-state index is -3.17. The van der Waals surface area contributed by atoms with E-state index in [4.69, 9.17) is 9.73 Å². The minimum Gasteiger partial charge on any atom is -0.486 e. The Morgan fingerprint density at radius 2 is 1.84 bits per heavy atom. The van der Waals surface area contributed by atoms with E-state index in [9.17, 15) is 8.42 Å². The van der Waals surface area contributed by atoms with Gasteiger partial charge in [-0.25, -0.2) is 22.1 Å². The fourth-order valence-electron chi connectivity index (χ4n) is 6.30. The van der Waals surface area contributed by atoms with Crippen molar-refractivity contribution in [3.05, 3.63) is 40.8 Å². The van der Waals surface area contributed by atoms with E-state index in [0.29, 0.717) is 31.2 Å². The number of halogens is 1. The van der Waals surface area contributed by atoms with E-state index >= 15 is 4.39 Å². The van der Waals surface area contributed by atoms with Gasteiger partial charge in [-0.3, -0.25) is 0 Å². The zero-order valence-corrected chi connectivity index (χ0v) is 23.0. The third-order valence-corrected chi connectivity index (χ3v) is 10.5. The Morgan fingerprint density at radius 3 is 2.49 bits per heavy atom. The molecule has 1 atom stereocenters. The highest BCUT2D eigenvalue weighted by Gasteiger charge is 2.36. The van der Waals surface area contributed by atoms with Crippen LogP contribution in [0.3, 0.4) is 0 Å². The standard InChI is InChI=1S/C28H41FN4O3S/c1-3-5-20-18-30-28(31-19-20)32-10-6-22(7-11-32)26-17-24-15-23(16-25(29)27(24)36-26)21-8-12-33(13-9-21)37(34,35)14-4-2/h15-16,18,21-22,26H,3-14,17,19H2,1-2H3,(H,30,31). The van der Waals surface area contributed by atoms with Crippen LogP contribution in [0.4, 0.5) is 4.39 Å². The Hall–Kier alpha value is -2.13. The molecule has 204 valence electrons. The number of ether oxygens (including phenoxy) is 1. The molecule has 0 spiro atoms. The van der Waals surface area contributed by atoms with Crippen LogP contribution in [0.1, 0.15) is 75.8 Å². The van der Waals surface area contributed by atoms with Gasteiger partial charge in [0, 0.05) is 44.4 Å². The number of benzene rings is 1. The summed E-state index contributed by atoms with van der Waals surface area (Å²) in [5, 5.41) is 3.38. The molecule has 0 amide bonds. The maximum atomic E-state index is 15.1. The molecule has 1 unspecified atom stereocenters. The number of fused-ring (bicyclic) bond motifs is 1. The van der Waals surface area contributed by atoms with E-state index in [2.05, 4.69) is 29.4 Å². The molecule has 0 aromatic heterocycles. The molecule has 2 fully saturated rings. The second kappa shape index (κ2) is 11.3. The third-order valence-electron chi connectivity index (χ3n) is 8.39. The quantitative estimate of drug-likeness (QED) is 0.563. The maximum Gasteiger partial charge on any atom is 0.214 e. The predicted octanol–water partition coefficient (Wildman–Crippen LogP) is 4.40. The Labute approximate surface area is 221 Å². The van der Waals surface area contributed by atoms with Gasteiger partial charge in [0.2, 0.25) is 10.0 Å². The number of guanidine groups is 1. The number of nitrogens with one attached hydrogen (secondary N) is 1. The van der Waals surface area contributed by atoms with Gasteiger partial charge in [-0.2, -0.15) is 0 Å². The fraction of sp³-hybridized carbons (Fsp3) is 0.679. The van der Waals surface area contributed by atoms with Crippen molar-refractivity contribution in [3.8, 4) is 5.75 Å². The van der Waals surface area contributed by atoms with Crippen LogP contribution < -0.4 is 10.1 Å². The molecule has 4 heterocycles. The topological polar surface area (TPSA) is 74.2 Å². The molecule has 5 rings (SSSR count). The Kier molecular flexibility index (Phi) is 8.10. The van der Waals surface area contributed by atoms with Gasteiger partial charge in [-0.1, -0.05) is 26.3 Å². The molecule has 0 radical (unpaired) electrons. The van der Waals surface area contributed by atoms with Gasteiger partial charge in [0.05, 0.1) is 12.3 Å². The Bertz CT molecular complexity index is 1140. The molecule has 9 heteroatoms. The summed E-state index contributed by atoms with van der Waals surface area (Å²) in [6.07, 6.45) is 9.20. The molecule has 4 aliphatic rings. The zero-order chi connectivity index (χ0) is 26.0. The molecule has 0 bridgehead atoms. The SMILES string of the molecule is CCCC1=CNC(N2CCC(C3Cc4cc(C5CCN(S(=O)(=O)CCC)CC5)cc(F)c4O3)CC2)=NC1. The Balaban J connectivity index is 1.15. The van der Waals surface area contributed by atoms with Crippen molar-refractivity contribution in [2.45, 2.75) is 77.2 Å². The van der Waals surface area contributed by atoms with Crippen LogP contribution in [0, 0.1) is 11.7 Å². The molecule has 1 aromatic carbocycles. The Morgan fingerprint density at radius 1 is 1.08 bits per heavy atom. The molecule has 4 aliphatic heterocycles. The van der Waals surface area contributed by atoms with Crippen LogP contribution in [0.15, 0.2) is 28.9 Å². The summed E-state index contributed by atoms with van der Waals surface area (Å²) in [7, 11) is -3.17. The lowest BCUT2D eigenvalue weighted by Gasteiger charge is -2.36. The second-order valence-corrected chi connectivity index (χ2v) is 13.1. The van der Waals surface area contributed by atoms with E-state index in [-0.39, 0.29) is 23.6 Å². The van der Waals surface area contributed by atoms with Gasteiger partial charge >= 0.3 is 0 Å². The fourth-order valence-corrected chi connectivity index (χ4v) is 7.84. The van der Waals surface area contributed by atoms with Gasteiger partial charge in [-0.15, -0.1) is 0 Å². The number of hydrogen-bond acceptors (Lipinski definition) is 6. The lowest BCUT2D eigenvalue weighted by atomic mass is 9.86. The average molecular weight is 533 g/mol. The number of hydrogen-bond donors (Lipinski definition) is 1. The molecule has 0 saturated carbocycles. The molecular weight excluding hydrogens is 491 g/mol. The van der Waals surface area contributed by atoms with Crippen molar-refractivity contribution in [2.75, 3.05) is 38.5 Å². The predicted molar refractivity (Wildman–Crippen MR) is 145 cm³/mol. The molecular formula is C28H41FN4O3S. The van der Waals surface area contributed by atoms with Gasteiger partial charge in [0.1, 0.15) is 6.10 Å². The normalized spacial score (nSPS) is 23.8. The largest absolute Gasteiger partial charge is 0.486 e. The summed E-state index contributed by atoms with van der Waals surface area (Å²) >= 11 is 0. The first-order chi connectivity index (χ1) is 17.9. The summed E-state index contributed by atoms with van der Waals surface area (Å²) in [6.45, 7) is 7.74. The van der Waals surface area contributed by atoms with Gasteiger partial charge in [0.25, 0.3) is 0 Å². The first-order valence-corrected chi connectivity index (χ1v) is 15.7. The number of piperidine rings is 2. The molecule has 7 nitrogen and oxygen atoms in total. The van der Waals surface area contributed by atoms with E-state index < -0.39 is 10.0 Å². The van der Waals surface area contributed by atoms with Crippen LogP contribution in [0.5, 0.6) is 5.75 Å². The summed E-state index contributed by atoms with van der Waals surface area (Å²) < 4.78 is 47.7. The van der Waals surface area contributed by atoms with Crippen molar-refractivity contribution < 1.29 is 17.5 Å². The smallest absolute Gasteiger partial charge is 0.214 e. The number of likely N-dealkylation sites (tertiary alicyclic amines) is 1. The highest BCUT2D eigenvalue weighted by molar-refractivity contribution is 7.89. The van der Waals surface area contributed by atoms with E-state index in [1.54, 1.807) is 10.4 Å². The summed E-state index contributed by atoms with van der Waals surface area (Å²) in [6, 6.07) is 3.74. The molecule has 0 aliphatic carbocycles. The van der Waals surface area contributed by atoms with E-state index in [1.165, 1.54) is 5.57 Å². The molecule has 37 heavy (non-hydrogen) atoms. The van der Waals surface area contributed by atoms with E-state index in [1.807, 2.05) is 6.92 Å². The average Bonchev–Trinajstić information content (AvgIpc) is 3.35. The highest BCUT2D eigenvalue weighted by Crippen LogP contribution is 2.40. The number of sulfonamides is 1. The summed E-state index contributed by atoms with van der Waals surface area (Å²) in [4.78, 5) is 7.07. The first kappa shape index (κ1) is 26.5. The number of nitrogens with zero attached hydrogens (tertiary/aromatic N) is 3. The summed E-state index contributed by atoms with van der Waals surface area (Å²) in [5.41, 5.74) is 3.31. The lowest BCUT2D eigenvalue weighted by Crippen LogP contribution is -2.47. The number of aliphatic imine (C=N–C) groups is 1. The number of rotatable bonds is 7. The van der Waals surface area contributed by atoms with Crippen molar-refractivity contribution in [1.82, 2.24) is 14.5 Å². The minimum absolute atomic E-state index is 0.0141. The van der Waals surface area contributed by atoms with Crippen LogP contribution in [0.2, 0.25) is 0 Å². The maximum absolute atomic E-state index is 15.1. The van der Waals surface area contributed by atoms with Crippen LogP contribution >= 0.6 is 0 Å². The van der Waals surface area contributed by atoms with Crippen LogP contribution in [0.25, 0.3) is 0 Å². The monoisotopic (exact) mass is 532 g/mol. The molecule has 1 aromatic rings. The van der Waals surface area contributed by atoms with Crippen LogP contribution in [-0.2, 0) is 16.4 Å². The molecule has 1 N–H and O–H groups in total. The summed E-state index contributed by atoms with van der Waals surface area (Å²) in [5.74, 6) is 1.90. The van der Waals surface area contributed by atoms with Crippen LogP contribution in [-0.4, -0.2) is 68.2 Å².